The van der Waals surface area contributed by atoms with Crippen molar-refractivity contribution in [2.45, 2.75) is 25.8 Å². The van der Waals surface area contributed by atoms with Gasteiger partial charge in [0.2, 0.25) is 0 Å². The van der Waals surface area contributed by atoms with Crippen LogP contribution in [0.25, 0.3) is 0 Å². The minimum Gasteiger partial charge on any atom is -0.493 e. The summed E-state index contributed by atoms with van der Waals surface area (Å²) in [4.78, 5) is 2.46. The number of halogens is 1. The summed E-state index contributed by atoms with van der Waals surface area (Å²) in [7, 11) is 1.67. The smallest absolute Gasteiger partial charge is 0.161 e. The molecular weight excluding hydrogens is 288 g/mol. The van der Waals surface area contributed by atoms with E-state index in [0.29, 0.717) is 18.6 Å². The molecule has 0 spiro atoms. The molecule has 21 heavy (non-hydrogen) atoms. The molecule has 0 radical (unpaired) electrons. The Labute approximate surface area is 134 Å². The molecular formula is C16H27ClN2O2. The molecule has 1 aromatic rings. The predicted molar refractivity (Wildman–Crippen MR) is 88.6 cm³/mol. The lowest BCUT2D eigenvalue weighted by molar-refractivity contribution is 0.0889. The summed E-state index contributed by atoms with van der Waals surface area (Å²) in [6.45, 7) is 5.75. The SMILES string of the molecule is COc1ccccc1OCCN1CCCC(C)C1CN.Cl. The van der Waals surface area contributed by atoms with Crippen molar-refractivity contribution in [3.63, 3.8) is 0 Å². The number of piperidine rings is 1. The number of ether oxygens (including phenoxy) is 2. The first-order valence-electron chi connectivity index (χ1n) is 7.46. The first-order chi connectivity index (χ1) is 9.76. The van der Waals surface area contributed by atoms with Crippen molar-refractivity contribution >= 4 is 12.4 Å². The Bertz CT molecular complexity index is 417. The summed E-state index contributed by atoms with van der Waals surface area (Å²) in [6, 6.07) is 8.26. The molecule has 0 aliphatic carbocycles. The summed E-state index contributed by atoms with van der Waals surface area (Å²) in [5.74, 6) is 2.28. The molecule has 5 heteroatoms. The molecule has 1 fully saturated rings. The zero-order chi connectivity index (χ0) is 14.4. The van der Waals surface area contributed by atoms with Crippen LogP contribution in [0.15, 0.2) is 24.3 Å². The van der Waals surface area contributed by atoms with E-state index in [-0.39, 0.29) is 12.4 Å². The molecule has 2 atom stereocenters. The van der Waals surface area contributed by atoms with E-state index in [9.17, 15) is 0 Å². The van der Waals surface area contributed by atoms with Crippen LogP contribution in [0, 0.1) is 5.92 Å². The quantitative estimate of drug-likeness (QED) is 0.876. The van der Waals surface area contributed by atoms with E-state index in [1.165, 1.54) is 12.8 Å². The van der Waals surface area contributed by atoms with E-state index in [1.807, 2.05) is 24.3 Å². The van der Waals surface area contributed by atoms with Gasteiger partial charge in [0.25, 0.3) is 0 Å². The summed E-state index contributed by atoms with van der Waals surface area (Å²) >= 11 is 0. The van der Waals surface area contributed by atoms with Crippen molar-refractivity contribution < 1.29 is 9.47 Å². The maximum absolute atomic E-state index is 5.91. The van der Waals surface area contributed by atoms with Crippen molar-refractivity contribution in [1.29, 1.82) is 0 Å². The lowest BCUT2D eigenvalue weighted by Crippen LogP contribution is -2.49. The Morgan fingerprint density at radius 1 is 1.29 bits per heavy atom. The van der Waals surface area contributed by atoms with Gasteiger partial charge >= 0.3 is 0 Å². The lowest BCUT2D eigenvalue weighted by Gasteiger charge is -2.39. The Balaban J connectivity index is 0.00000220. The Morgan fingerprint density at radius 2 is 2.00 bits per heavy atom. The summed E-state index contributed by atoms with van der Waals surface area (Å²) in [5, 5.41) is 0. The molecule has 2 unspecified atom stereocenters. The van der Waals surface area contributed by atoms with Crippen LogP contribution in [0.4, 0.5) is 0 Å². The van der Waals surface area contributed by atoms with Crippen molar-refractivity contribution in [3.05, 3.63) is 24.3 Å². The number of hydrogen-bond acceptors (Lipinski definition) is 4. The predicted octanol–water partition coefficient (Wildman–Crippen LogP) is 2.56. The molecule has 0 aromatic heterocycles. The fraction of sp³-hybridized carbons (Fsp3) is 0.625. The number of hydrogen-bond donors (Lipinski definition) is 1. The first kappa shape index (κ1) is 18.1. The average Bonchev–Trinajstić information content (AvgIpc) is 2.48. The fourth-order valence-electron chi connectivity index (χ4n) is 3.00. The second-order valence-electron chi connectivity index (χ2n) is 5.46. The average molecular weight is 315 g/mol. The van der Waals surface area contributed by atoms with Gasteiger partial charge in [-0.3, -0.25) is 4.90 Å². The van der Waals surface area contributed by atoms with E-state index in [4.69, 9.17) is 15.2 Å². The van der Waals surface area contributed by atoms with Gasteiger partial charge in [-0.2, -0.15) is 0 Å². The highest BCUT2D eigenvalue weighted by molar-refractivity contribution is 5.85. The number of nitrogens with zero attached hydrogens (tertiary/aromatic N) is 1. The van der Waals surface area contributed by atoms with E-state index in [0.717, 1.165) is 31.1 Å². The largest absolute Gasteiger partial charge is 0.493 e. The highest BCUT2D eigenvalue weighted by atomic mass is 35.5. The van der Waals surface area contributed by atoms with E-state index < -0.39 is 0 Å². The van der Waals surface area contributed by atoms with Crippen molar-refractivity contribution in [1.82, 2.24) is 4.90 Å². The molecule has 0 saturated carbocycles. The minimum absolute atomic E-state index is 0. The highest BCUT2D eigenvalue weighted by Crippen LogP contribution is 2.26. The molecule has 1 aliphatic heterocycles. The van der Waals surface area contributed by atoms with Crippen LogP contribution in [0.2, 0.25) is 0 Å². The maximum atomic E-state index is 5.91. The molecule has 1 aliphatic rings. The molecule has 1 heterocycles. The zero-order valence-corrected chi connectivity index (χ0v) is 13.8. The van der Waals surface area contributed by atoms with Crippen LogP contribution in [-0.4, -0.2) is 44.3 Å². The van der Waals surface area contributed by atoms with E-state index in [1.54, 1.807) is 7.11 Å². The van der Waals surface area contributed by atoms with Gasteiger partial charge in [-0.05, 0) is 37.4 Å². The highest BCUT2D eigenvalue weighted by Gasteiger charge is 2.26. The third-order valence-electron chi connectivity index (χ3n) is 4.18. The first-order valence-corrected chi connectivity index (χ1v) is 7.46. The van der Waals surface area contributed by atoms with Gasteiger partial charge in [0, 0.05) is 19.1 Å². The van der Waals surface area contributed by atoms with Crippen LogP contribution < -0.4 is 15.2 Å². The van der Waals surface area contributed by atoms with Gasteiger partial charge in [0.15, 0.2) is 11.5 Å². The standard InChI is InChI=1S/C16H26N2O2.ClH/c1-13-6-5-9-18(14(13)12-17)10-11-20-16-8-4-3-7-15(16)19-2;/h3-4,7-8,13-14H,5-6,9-12,17H2,1-2H3;1H. The third-order valence-corrected chi connectivity index (χ3v) is 4.18. The second kappa shape index (κ2) is 9.13. The van der Waals surface area contributed by atoms with Crippen LogP contribution in [0.5, 0.6) is 11.5 Å². The molecule has 1 saturated heterocycles. The van der Waals surface area contributed by atoms with Gasteiger partial charge < -0.3 is 15.2 Å². The number of para-hydroxylation sites is 2. The van der Waals surface area contributed by atoms with Crippen LogP contribution in [0.3, 0.4) is 0 Å². The third kappa shape index (κ3) is 4.77. The fourth-order valence-corrected chi connectivity index (χ4v) is 3.00. The van der Waals surface area contributed by atoms with Crippen LogP contribution >= 0.6 is 12.4 Å². The molecule has 2 N–H and O–H groups in total. The normalized spacial score (nSPS) is 22.4. The van der Waals surface area contributed by atoms with E-state index in [2.05, 4.69) is 11.8 Å². The van der Waals surface area contributed by atoms with Gasteiger partial charge in [-0.1, -0.05) is 19.1 Å². The zero-order valence-electron chi connectivity index (χ0n) is 13.0. The number of rotatable bonds is 6. The summed E-state index contributed by atoms with van der Waals surface area (Å²) < 4.78 is 11.1. The molecule has 4 nitrogen and oxygen atoms in total. The van der Waals surface area contributed by atoms with Gasteiger partial charge in [0.05, 0.1) is 7.11 Å². The molecule has 1 aromatic carbocycles. The number of methoxy groups -OCH3 is 1. The minimum atomic E-state index is 0. The topological polar surface area (TPSA) is 47.7 Å². The van der Waals surface area contributed by atoms with Crippen LogP contribution in [-0.2, 0) is 0 Å². The van der Waals surface area contributed by atoms with Crippen LogP contribution in [0.1, 0.15) is 19.8 Å². The number of nitrogens with two attached hydrogens (primary N) is 1. The van der Waals surface area contributed by atoms with Crippen molar-refractivity contribution in [2.24, 2.45) is 11.7 Å². The van der Waals surface area contributed by atoms with Crippen molar-refractivity contribution in [2.75, 3.05) is 33.4 Å². The Hall–Kier alpha value is -0.970. The Morgan fingerprint density at radius 3 is 2.67 bits per heavy atom. The van der Waals surface area contributed by atoms with Gasteiger partial charge in [-0.25, -0.2) is 0 Å². The Kier molecular flexibility index (Phi) is 7.86. The molecule has 0 bridgehead atoms. The maximum Gasteiger partial charge on any atom is 0.161 e. The number of likely N-dealkylation sites (tertiary alicyclic amines) is 1. The number of benzene rings is 1. The molecule has 0 amide bonds. The molecule has 2 rings (SSSR count). The van der Waals surface area contributed by atoms with E-state index >= 15 is 0 Å². The summed E-state index contributed by atoms with van der Waals surface area (Å²) in [5.41, 5.74) is 5.91. The van der Waals surface area contributed by atoms with Gasteiger partial charge in [0.1, 0.15) is 6.61 Å². The van der Waals surface area contributed by atoms with Gasteiger partial charge in [-0.15, -0.1) is 12.4 Å². The summed E-state index contributed by atoms with van der Waals surface area (Å²) in [6.07, 6.45) is 2.54. The second-order valence-corrected chi connectivity index (χ2v) is 5.46. The molecule has 120 valence electrons. The van der Waals surface area contributed by atoms with Crippen molar-refractivity contribution in [3.8, 4) is 11.5 Å². The monoisotopic (exact) mass is 314 g/mol. The lowest BCUT2D eigenvalue weighted by atomic mass is 9.91.